The number of hydrogen-bond acceptors (Lipinski definition) is 5. The Morgan fingerprint density at radius 2 is 1.84 bits per heavy atom. The van der Waals surface area contributed by atoms with Crippen LogP contribution in [0.4, 0.5) is 0 Å². The van der Waals surface area contributed by atoms with Crippen LogP contribution < -0.4 is 0 Å². The maximum atomic E-state index is 13.2. The van der Waals surface area contributed by atoms with E-state index in [2.05, 4.69) is 53.2 Å². The van der Waals surface area contributed by atoms with E-state index in [4.69, 9.17) is 4.52 Å². The molecule has 2 saturated heterocycles. The SMILES string of the molecule is Cc1noc(C23CN(Cc4ccc(C(C)C)cc4)CC2CN(C(=O)c2ccccc2)C3)n1. The molecule has 3 heterocycles. The number of benzene rings is 2. The molecule has 0 aliphatic carbocycles. The first kappa shape index (κ1) is 20.9. The zero-order valence-electron chi connectivity index (χ0n) is 19.0. The first-order valence-corrected chi connectivity index (χ1v) is 11.4. The van der Waals surface area contributed by atoms with Gasteiger partial charge >= 0.3 is 0 Å². The molecule has 0 N–H and O–H groups in total. The summed E-state index contributed by atoms with van der Waals surface area (Å²) in [5.74, 6) is 2.19. The molecule has 2 fully saturated rings. The molecule has 0 spiro atoms. The van der Waals surface area contributed by atoms with Crippen molar-refractivity contribution in [3.8, 4) is 0 Å². The van der Waals surface area contributed by atoms with Gasteiger partial charge in [0.25, 0.3) is 5.91 Å². The third kappa shape index (κ3) is 3.73. The van der Waals surface area contributed by atoms with Gasteiger partial charge in [-0.15, -0.1) is 0 Å². The Bertz CT molecular complexity index is 1090. The summed E-state index contributed by atoms with van der Waals surface area (Å²) < 4.78 is 5.70. The van der Waals surface area contributed by atoms with Crippen molar-refractivity contribution in [2.75, 3.05) is 26.2 Å². The third-order valence-corrected chi connectivity index (χ3v) is 6.99. The number of aromatic nitrogens is 2. The minimum Gasteiger partial charge on any atom is -0.339 e. The Morgan fingerprint density at radius 1 is 1.09 bits per heavy atom. The number of hydrogen-bond donors (Lipinski definition) is 0. The Hall–Kier alpha value is -2.99. The van der Waals surface area contributed by atoms with Gasteiger partial charge in [0.1, 0.15) is 0 Å². The summed E-state index contributed by atoms with van der Waals surface area (Å²) >= 11 is 0. The van der Waals surface area contributed by atoms with Crippen molar-refractivity contribution in [2.45, 2.75) is 38.6 Å². The molecule has 32 heavy (non-hydrogen) atoms. The van der Waals surface area contributed by atoms with Crippen LogP contribution in [0.1, 0.15) is 53.0 Å². The summed E-state index contributed by atoms with van der Waals surface area (Å²) in [5.41, 5.74) is 3.08. The molecule has 1 amide bonds. The second-order valence-corrected chi connectivity index (χ2v) is 9.62. The lowest BCUT2D eigenvalue weighted by Crippen LogP contribution is -2.40. The van der Waals surface area contributed by atoms with Gasteiger partial charge in [-0.25, -0.2) is 0 Å². The topological polar surface area (TPSA) is 62.5 Å². The highest BCUT2D eigenvalue weighted by molar-refractivity contribution is 5.94. The first-order valence-electron chi connectivity index (χ1n) is 11.4. The maximum Gasteiger partial charge on any atom is 0.253 e. The van der Waals surface area contributed by atoms with Gasteiger partial charge in [-0.2, -0.15) is 4.98 Å². The average Bonchev–Trinajstić information content (AvgIpc) is 3.47. The Balaban J connectivity index is 1.37. The predicted octanol–water partition coefficient (Wildman–Crippen LogP) is 4.03. The van der Waals surface area contributed by atoms with Gasteiger partial charge in [0.05, 0.1) is 5.41 Å². The smallest absolute Gasteiger partial charge is 0.253 e. The van der Waals surface area contributed by atoms with Crippen LogP contribution in [0.3, 0.4) is 0 Å². The number of aryl methyl sites for hydroxylation is 1. The Morgan fingerprint density at radius 3 is 2.50 bits per heavy atom. The van der Waals surface area contributed by atoms with Gasteiger partial charge in [0.15, 0.2) is 5.82 Å². The van der Waals surface area contributed by atoms with E-state index in [-0.39, 0.29) is 17.2 Å². The maximum absolute atomic E-state index is 13.2. The average molecular weight is 431 g/mol. The molecule has 2 aliphatic rings. The fourth-order valence-corrected chi connectivity index (χ4v) is 5.28. The molecule has 2 aliphatic heterocycles. The largest absolute Gasteiger partial charge is 0.339 e. The van der Waals surface area contributed by atoms with E-state index in [1.807, 2.05) is 42.2 Å². The van der Waals surface area contributed by atoms with Gasteiger partial charge < -0.3 is 9.42 Å². The van der Waals surface area contributed by atoms with Crippen LogP contribution in [-0.2, 0) is 12.0 Å². The normalized spacial score (nSPS) is 23.1. The molecule has 3 aromatic rings. The third-order valence-electron chi connectivity index (χ3n) is 6.99. The minimum atomic E-state index is -0.316. The molecule has 0 radical (unpaired) electrons. The van der Waals surface area contributed by atoms with E-state index in [9.17, 15) is 4.79 Å². The molecule has 0 saturated carbocycles. The van der Waals surface area contributed by atoms with Crippen molar-refractivity contribution in [1.82, 2.24) is 19.9 Å². The molecule has 6 heteroatoms. The number of carbonyl (C=O) groups is 1. The van der Waals surface area contributed by atoms with Crippen molar-refractivity contribution in [1.29, 1.82) is 0 Å². The quantitative estimate of drug-likeness (QED) is 0.612. The van der Waals surface area contributed by atoms with Crippen LogP contribution in [0.2, 0.25) is 0 Å². The van der Waals surface area contributed by atoms with Gasteiger partial charge in [-0.05, 0) is 36.1 Å². The molecular formula is C26H30N4O2. The molecule has 2 unspecified atom stereocenters. The molecular weight excluding hydrogens is 400 g/mol. The molecule has 5 rings (SSSR count). The molecule has 1 aromatic heterocycles. The number of rotatable bonds is 5. The highest BCUT2D eigenvalue weighted by Gasteiger charge is 2.57. The Labute approximate surface area is 189 Å². The van der Waals surface area contributed by atoms with Crippen LogP contribution in [-0.4, -0.2) is 52.0 Å². The summed E-state index contributed by atoms with van der Waals surface area (Å²) in [6, 6.07) is 18.4. The van der Waals surface area contributed by atoms with E-state index < -0.39 is 0 Å². The van der Waals surface area contributed by atoms with E-state index in [0.717, 1.165) is 25.2 Å². The molecule has 2 aromatic carbocycles. The van der Waals surface area contributed by atoms with Gasteiger partial charge in [-0.3, -0.25) is 9.69 Å². The molecule has 0 bridgehead atoms. The number of amides is 1. The zero-order chi connectivity index (χ0) is 22.3. The molecule has 6 nitrogen and oxygen atoms in total. The standard InChI is InChI=1S/C26H30N4O2/c1-18(2)21-11-9-20(10-12-21)13-29-14-23-15-30(24(31)22-7-5-4-6-8-22)17-26(23,16-29)25-27-19(3)28-32-25/h4-12,18,23H,13-17H2,1-3H3. The van der Waals surface area contributed by atoms with E-state index in [0.29, 0.717) is 30.7 Å². The summed E-state index contributed by atoms with van der Waals surface area (Å²) in [4.78, 5) is 22.2. The lowest BCUT2D eigenvalue weighted by atomic mass is 9.81. The van der Waals surface area contributed by atoms with Gasteiger partial charge in [0, 0.05) is 44.2 Å². The van der Waals surface area contributed by atoms with Crippen molar-refractivity contribution < 1.29 is 9.32 Å². The van der Waals surface area contributed by atoms with Crippen molar-refractivity contribution in [3.63, 3.8) is 0 Å². The first-order chi connectivity index (χ1) is 15.4. The monoisotopic (exact) mass is 430 g/mol. The van der Waals surface area contributed by atoms with Gasteiger partial charge in [-0.1, -0.05) is 61.5 Å². The van der Waals surface area contributed by atoms with E-state index >= 15 is 0 Å². The predicted molar refractivity (Wildman–Crippen MR) is 122 cm³/mol. The highest BCUT2D eigenvalue weighted by Crippen LogP contribution is 2.45. The fraction of sp³-hybridized carbons (Fsp3) is 0.423. The van der Waals surface area contributed by atoms with Crippen LogP contribution >= 0.6 is 0 Å². The second kappa shape index (κ2) is 8.17. The summed E-state index contributed by atoms with van der Waals surface area (Å²) in [6.45, 7) is 10.2. The zero-order valence-corrected chi connectivity index (χ0v) is 19.0. The van der Waals surface area contributed by atoms with Crippen molar-refractivity contribution in [3.05, 3.63) is 83.0 Å². The fourth-order valence-electron chi connectivity index (χ4n) is 5.28. The molecule has 166 valence electrons. The van der Waals surface area contributed by atoms with Crippen molar-refractivity contribution in [2.24, 2.45) is 5.92 Å². The summed E-state index contributed by atoms with van der Waals surface area (Å²) in [6.07, 6.45) is 0. The number of fused-ring (bicyclic) bond motifs is 1. The van der Waals surface area contributed by atoms with Crippen LogP contribution in [0.5, 0.6) is 0 Å². The van der Waals surface area contributed by atoms with Crippen LogP contribution in [0.25, 0.3) is 0 Å². The minimum absolute atomic E-state index is 0.0754. The number of carbonyl (C=O) groups excluding carboxylic acids is 1. The van der Waals surface area contributed by atoms with Crippen molar-refractivity contribution >= 4 is 5.91 Å². The number of likely N-dealkylation sites (tertiary alicyclic amines) is 2. The second-order valence-electron chi connectivity index (χ2n) is 9.62. The van der Waals surface area contributed by atoms with E-state index in [1.54, 1.807) is 0 Å². The lowest BCUT2D eigenvalue weighted by Gasteiger charge is -2.26. The van der Waals surface area contributed by atoms with Crippen LogP contribution in [0, 0.1) is 12.8 Å². The number of nitrogens with zero attached hydrogens (tertiary/aromatic N) is 4. The summed E-state index contributed by atoms with van der Waals surface area (Å²) in [5, 5.41) is 4.07. The lowest BCUT2D eigenvalue weighted by molar-refractivity contribution is 0.0766. The van der Waals surface area contributed by atoms with Crippen LogP contribution in [0.15, 0.2) is 59.1 Å². The summed E-state index contributed by atoms with van der Waals surface area (Å²) in [7, 11) is 0. The Kier molecular flexibility index (Phi) is 5.33. The molecule has 2 atom stereocenters. The van der Waals surface area contributed by atoms with Gasteiger partial charge in [0.2, 0.25) is 5.89 Å². The highest BCUT2D eigenvalue weighted by atomic mass is 16.5. The van der Waals surface area contributed by atoms with E-state index in [1.165, 1.54) is 11.1 Å².